The van der Waals surface area contributed by atoms with Gasteiger partial charge in [0.1, 0.15) is 12.7 Å². The fourth-order valence-electron chi connectivity index (χ4n) is 2.83. The number of para-hydroxylation sites is 2. The molecule has 1 unspecified atom stereocenters. The zero-order valence-electron chi connectivity index (χ0n) is 14.6. The van der Waals surface area contributed by atoms with Crippen molar-refractivity contribution in [3.05, 3.63) is 42.5 Å². The van der Waals surface area contributed by atoms with Crippen molar-refractivity contribution in [3.63, 3.8) is 0 Å². The van der Waals surface area contributed by atoms with Crippen molar-refractivity contribution in [1.29, 1.82) is 0 Å². The summed E-state index contributed by atoms with van der Waals surface area (Å²) in [6.45, 7) is 1.88. The SMILES string of the molecule is Cl.O=C(CCNCC1COc2ccccc2O1)Nc1ccc2c(c1)OCO2. The highest BCUT2D eigenvalue weighted by Crippen LogP contribution is 2.34. The maximum absolute atomic E-state index is 12.0. The smallest absolute Gasteiger partial charge is 0.231 e. The topological polar surface area (TPSA) is 78.1 Å². The van der Waals surface area contributed by atoms with Gasteiger partial charge in [-0.1, -0.05) is 12.1 Å². The van der Waals surface area contributed by atoms with Gasteiger partial charge in [0.05, 0.1) is 0 Å². The van der Waals surface area contributed by atoms with Crippen LogP contribution < -0.4 is 29.6 Å². The molecule has 4 rings (SSSR count). The van der Waals surface area contributed by atoms with Crippen molar-refractivity contribution < 1.29 is 23.7 Å². The van der Waals surface area contributed by atoms with Gasteiger partial charge in [-0.2, -0.15) is 0 Å². The Morgan fingerprint density at radius 3 is 2.67 bits per heavy atom. The van der Waals surface area contributed by atoms with Crippen LogP contribution in [0.5, 0.6) is 23.0 Å². The Morgan fingerprint density at radius 1 is 1.00 bits per heavy atom. The summed E-state index contributed by atoms with van der Waals surface area (Å²) in [4.78, 5) is 12.0. The third-order valence-electron chi connectivity index (χ3n) is 4.12. The molecule has 0 saturated carbocycles. The molecule has 2 aliphatic heterocycles. The lowest BCUT2D eigenvalue weighted by Gasteiger charge is -2.26. The number of nitrogens with one attached hydrogen (secondary N) is 2. The number of carbonyl (C=O) groups excluding carboxylic acids is 1. The number of benzene rings is 2. The van der Waals surface area contributed by atoms with E-state index in [0.717, 1.165) is 11.5 Å². The third kappa shape index (κ3) is 4.75. The molecule has 0 radical (unpaired) electrons. The minimum absolute atomic E-state index is 0. The Labute approximate surface area is 163 Å². The number of carbonyl (C=O) groups is 1. The van der Waals surface area contributed by atoms with E-state index in [1.165, 1.54) is 0 Å². The number of hydrogen-bond donors (Lipinski definition) is 2. The van der Waals surface area contributed by atoms with Crippen LogP contribution in [0.2, 0.25) is 0 Å². The lowest BCUT2D eigenvalue weighted by Crippen LogP contribution is -2.39. The third-order valence-corrected chi connectivity index (χ3v) is 4.12. The number of amides is 1. The van der Waals surface area contributed by atoms with E-state index in [0.29, 0.717) is 43.3 Å². The molecule has 0 spiro atoms. The molecule has 1 atom stereocenters. The first kappa shape index (κ1) is 19.1. The molecular formula is C19H21ClN2O5. The van der Waals surface area contributed by atoms with Crippen LogP contribution in [0.25, 0.3) is 0 Å². The van der Waals surface area contributed by atoms with E-state index in [1.54, 1.807) is 18.2 Å². The van der Waals surface area contributed by atoms with Crippen LogP contribution in [-0.2, 0) is 4.79 Å². The van der Waals surface area contributed by atoms with Crippen molar-refractivity contribution in [1.82, 2.24) is 5.32 Å². The largest absolute Gasteiger partial charge is 0.486 e. The van der Waals surface area contributed by atoms with Crippen molar-refractivity contribution in [3.8, 4) is 23.0 Å². The maximum Gasteiger partial charge on any atom is 0.231 e. The molecule has 0 aliphatic carbocycles. The maximum atomic E-state index is 12.0. The van der Waals surface area contributed by atoms with E-state index in [4.69, 9.17) is 18.9 Å². The van der Waals surface area contributed by atoms with Crippen LogP contribution in [0.4, 0.5) is 5.69 Å². The van der Waals surface area contributed by atoms with Crippen LogP contribution in [0.15, 0.2) is 42.5 Å². The fraction of sp³-hybridized carbons (Fsp3) is 0.316. The zero-order valence-corrected chi connectivity index (χ0v) is 15.4. The van der Waals surface area contributed by atoms with Crippen LogP contribution in [0.3, 0.4) is 0 Å². The highest BCUT2D eigenvalue weighted by molar-refractivity contribution is 5.91. The normalized spacial score (nSPS) is 16.4. The molecule has 0 fully saturated rings. The van der Waals surface area contributed by atoms with Crippen molar-refractivity contribution >= 4 is 24.0 Å². The van der Waals surface area contributed by atoms with Gasteiger partial charge in [-0.25, -0.2) is 0 Å². The average molecular weight is 393 g/mol. The van der Waals surface area contributed by atoms with Gasteiger partial charge >= 0.3 is 0 Å². The zero-order chi connectivity index (χ0) is 17.8. The van der Waals surface area contributed by atoms with Crippen LogP contribution in [-0.4, -0.2) is 38.5 Å². The van der Waals surface area contributed by atoms with Gasteiger partial charge < -0.3 is 29.6 Å². The number of ether oxygens (including phenoxy) is 4. The molecular weight excluding hydrogens is 372 g/mol. The lowest BCUT2D eigenvalue weighted by molar-refractivity contribution is -0.116. The summed E-state index contributed by atoms with van der Waals surface area (Å²) in [6.07, 6.45) is 0.292. The molecule has 2 aliphatic rings. The van der Waals surface area contributed by atoms with Gasteiger partial charge in [0, 0.05) is 31.3 Å². The second-order valence-corrected chi connectivity index (χ2v) is 6.07. The van der Waals surface area contributed by atoms with Crippen LogP contribution in [0, 0.1) is 0 Å². The highest BCUT2D eigenvalue weighted by Gasteiger charge is 2.20. The van der Waals surface area contributed by atoms with Crippen LogP contribution in [0.1, 0.15) is 6.42 Å². The van der Waals surface area contributed by atoms with Gasteiger partial charge in [0.25, 0.3) is 0 Å². The Kier molecular flexibility index (Phi) is 6.26. The molecule has 2 aromatic carbocycles. The predicted molar refractivity (Wildman–Crippen MR) is 102 cm³/mol. The minimum atomic E-state index is -0.0678. The van der Waals surface area contributed by atoms with Gasteiger partial charge in [-0.15, -0.1) is 12.4 Å². The lowest BCUT2D eigenvalue weighted by atomic mass is 10.2. The van der Waals surface area contributed by atoms with E-state index < -0.39 is 0 Å². The summed E-state index contributed by atoms with van der Waals surface area (Å²) in [6, 6.07) is 13.0. The Balaban J connectivity index is 0.00000210. The van der Waals surface area contributed by atoms with Crippen molar-refractivity contribution in [2.24, 2.45) is 0 Å². The van der Waals surface area contributed by atoms with E-state index in [2.05, 4.69) is 10.6 Å². The number of hydrogen-bond acceptors (Lipinski definition) is 6. The summed E-state index contributed by atoms with van der Waals surface area (Å²) < 4.78 is 22.1. The number of rotatable bonds is 6. The van der Waals surface area contributed by atoms with E-state index in [-0.39, 0.29) is 31.2 Å². The molecule has 1 amide bonds. The molecule has 2 N–H and O–H groups in total. The highest BCUT2D eigenvalue weighted by atomic mass is 35.5. The average Bonchev–Trinajstić information content (AvgIpc) is 3.13. The molecule has 0 aromatic heterocycles. The second-order valence-electron chi connectivity index (χ2n) is 6.07. The van der Waals surface area contributed by atoms with E-state index in [1.807, 2.05) is 24.3 Å². The summed E-state index contributed by atoms with van der Waals surface area (Å²) in [7, 11) is 0. The molecule has 144 valence electrons. The van der Waals surface area contributed by atoms with E-state index >= 15 is 0 Å². The summed E-state index contributed by atoms with van der Waals surface area (Å²) in [5.41, 5.74) is 0.694. The minimum Gasteiger partial charge on any atom is -0.486 e. The number of anilines is 1. The summed E-state index contributed by atoms with van der Waals surface area (Å²) >= 11 is 0. The van der Waals surface area contributed by atoms with Crippen LogP contribution >= 0.6 is 12.4 Å². The molecule has 2 aromatic rings. The molecule has 7 nitrogen and oxygen atoms in total. The van der Waals surface area contributed by atoms with E-state index in [9.17, 15) is 4.79 Å². The van der Waals surface area contributed by atoms with Crippen molar-refractivity contribution in [2.75, 3.05) is 31.8 Å². The van der Waals surface area contributed by atoms with Gasteiger partial charge in [-0.05, 0) is 24.3 Å². The van der Waals surface area contributed by atoms with Gasteiger partial charge in [-0.3, -0.25) is 4.79 Å². The number of halogens is 1. The predicted octanol–water partition coefficient (Wildman–Crippen LogP) is 2.60. The first-order valence-corrected chi connectivity index (χ1v) is 8.56. The van der Waals surface area contributed by atoms with Crippen molar-refractivity contribution in [2.45, 2.75) is 12.5 Å². The fourth-order valence-corrected chi connectivity index (χ4v) is 2.83. The van der Waals surface area contributed by atoms with Gasteiger partial charge in [0.15, 0.2) is 23.0 Å². The monoisotopic (exact) mass is 392 g/mol. The second kappa shape index (κ2) is 8.83. The number of fused-ring (bicyclic) bond motifs is 2. The quantitative estimate of drug-likeness (QED) is 0.736. The Morgan fingerprint density at radius 2 is 1.78 bits per heavy atom. The Hall–Kier alpha value is -2.64. The molecule has 0 bridgehead atoms. The Bertz CT molecular complexity index is 801. The molecule has 27 heavy (non-hydrogen) atoms. The van der Waals surface area contributed by atoms with Gasteiger partial charge in [0.2, 0.25) is 12.7 Å². The first-order chi connectivity index (χ1) is 12.8. The summed E-state index contributed by atoms with van der Waals surface area (Å²) in [5, 5.41) is 6.09. The standard InChI is InChI=1S/C19H20N2O5.ClH/c22-19(21-13-5-6-16-18(9-13)25-12-24-16)7-8-20-10-14-11-23-15-3-1-2-4-17(15)26-14;/h1-6,9,14,20H,7-8,10-12H2,(H,21,22);1H. The molecule has 0 saturated heterocycles. The molecule has 2 heterocycles. The summed E-state index contributed by atoms with van der Waals surface area (Å²) in [5.74, 6) is 2.80. The first-order valence-electron chi connectivity index (χ1n) is 8.56. The molecule has 8 heteroatoms.